The summed E-state index contributed by atoms with van der Waals surface area (Å²) >= 11 is 1.94. The largest absolute Gasteiger partial charge is 0.491 e. The maximum atomic E-state index is 14.4. The first-order valence-electron chi connectivity index (χ1n) is 11.6. The number of ether oxygens (including phenoxy) is 1. The average molecular weight is 634 g/mol. The maximum Gasteiger partial charge on any atom is 0.325 e. The Morgan fingerprint density at radius 3 is 2.61 bits per heavy atom. The van der Waals surface area contributed by atoms with Gasteiger partial charge in [0.25, 0.3) is 5.91 Å². The Kier molecular flexibility index (Phi) is 8.86. The SMILES string of the molecule is O=C(Nc1ccc(I)cc1F)C(Cc1ccccn1)N1C(=O)NC(c2ccc(OCC(O)CO)cc2)C1=O. The van der Waals surface area contributed by atoms with Crippen LogP contribution in [-0.4, -0.2) is 63.3 Å². The van der Waals surface area contributed by atoms with Crippen LogP contribution in [0, 0.1) is 9.39 Å². The highest BCUT2D eigenvalue weighted by Gasteiger charge is 2.45. The van der Waals surface area contributed by atoms with Gasteiger partial charge in [0.2, 0.25) is 5.91 Å². The summed E-state index contributed by atoms with van der Waals surface area (Å²) in [7, 11) is 0. The number of aliphatic hydroxyl groups excluding tert-OH is 2. The predicted molar refractivity (Wildman–Crippen MR) is 143 cm³/mol. The summed E-state index contributed by atoms with van der Waals surface area (Å²) in [6, 6.07) is 12.5. The van der Waals surface area contributed by atoms with Gasteiger partial charge in [-0.2, -0.15) is 0 Å². The lowest BCUT2D eigenvalue weighted by Crippen LogP contribution is -2.49. The molecule has 3 unspecified atom stereocenters. The number of nitrogens with zero attached hydrogens (tertiary/aromatic N) is 2. The number of anilines is 1. The average Bonchev–Trinajstić information content (AvgIpc) is 3.21. The van der Waals surface area contributed by atoms with E-state index in [2.05, 4.69) is 15.6 Å². The van der Waals surface area contributed by atoms with Crippen LogP contribution in [0.25, 0.3) is 0 Å². The molecule has 38 heavy (non-hydrogen) atoms. The quantitative estimate of drug-likeness (QED) is 0.198. The van der Waals surface area contributed by atoms with Crippen LogP contribution in [0.1, 0.15) is 17.3 Å². The van der Waals surface area contributed by atoms with Gasteiger partial charge >= 0.3 is 6.03 Å². The van der Waals surface area contributed by atoms with Gasteiger partial charge in [-0.05, 0) is 70.6 Å². The van der Waals surface area contributed by atoms with Crippen LogP contribution >= 0.6 is 22.6 Å². The van der Waals surface area contributed by atoms with E-state index in [-0.39, 0.29) is 18.7 Å². The molecular formula is C26H24FIN4O6. The molecule has 10 nitrogen and oxygen atoms in total. The van der Waals surface area contributed by atoms with Gasteiger partial charge in [0, 0.05) is 21.9 Å². The number of urea groups is 1. The van der Waals surface area contributed by atoms with Crippen molar-refractivity contribution < 1.29 is 33.7 Å². The van der Waals surface area contributed by atoms with Gasteiger partial charge in [0.1, 0.15) is 36.4 Å². The van der Waals surface area contributed by atoms with Gasteiger partial charge < -0.3 is 25.6 Å². The van der Waals surface area contributed by atoms with Gasteiger partial charge in [-0.3, -0.25) is 14.6 Å². The van der Waals surface area contributed by atoms with Crippen molar-refractivity contribution in [3.8, 4) is 5.75 Å². The van der Waals surface area contributed by atoms with Gasteiger partial charge in [-0.15, -0.1) is 0 Å². The monoisotopic (exact) mass is 634 g/mol. The van der Waals surface area contributed by atoms with Crippen LogP contribution in [0.15, 0.2) is 66.9 Å². The summed E-state index contributed by atoms with van der Waals surface area (Å²) in [6.07, 6.45) is 0.417. The van der Waals surface area contributed by atoms with Gasteiger partial charge in [-0.1, -0.05) is 18.2 Å². The van der Waals surface area contributed by atoms with Crippen LogP contribution in [-0.2, 0) is 16.0 Å². The van der Waals surface area contributed by atoms with E-state index in [4.69, 9.17) is 9.84 Å². The molecule has 1 aliphatic heterocycles. The molecule has 0 spiro atoms. The third-order valence-electron chi connectivity index (χ3n) is 5.77. The summed E-state index contributed by atoms with van der Waals surface area (Å²) in [4.78, 5) is 44.8. The number of imide groups is 1. The van der Waals surface area contributed by atoms with Crippen molar-refractivity contribution in [3.63, 3.8) is 0 Å². The number of hydrogen-bond donors (Lipinski definition) is 4. The molecule has 4 N–H and O–H groups in total. The van der Waals surface area contributed by atoms with E-state index in [1.807, 2.05) is 22.6 Å². The number of rotatable bonds is 10. The molecule has 198 valence electrons. The molecule has 3 aromatic rings. The molecule has 0 bridgehead atoms. The molecule has 4 rings (SSSR count). The van der Waals surface area contributed by atoms with E-state index in [0.717, 1.165) is 4.90 Å². The normalized spacial score (nSPS) is 16.6. The molecule has 0 radical (unpaired) electrons. The molecule has 1 aliphatic rings. The summed E-state index contributed by atoms with van der Waals surface area (Å²) in [5.74, 6) is -1.66. The lowest BCUT2D eigenvalue weighted by Gasteiger charge is -2.24. The molecule has 1 fully saturated rings. The summed E-state index contributed by atoms with van der Waals surface area (Å²) < 4.78 is 20.5. The first kappa shape index (κ1) is 27.4. The Bertz CT molecular complexity index is 1310. The van der Waals surface area contributed by atoms with Crippen molar-refractivity contribution in [2.75, 3.05) is 18.5 Å². The third kappa shape index (κ3) is 6.44. The number of benzene rings is 2. The van der Waals surface area contributed by atoms with Crippen molar-refractivity contribution in [1.29, 1.82) is 0 Å². The van der Waals surface area contributed by atoms with Crippen molar-refractivity contribution in [2.24, 2.45) is 0 Å². The highest BCUT2D eigenvalue weighted by molar-refractivity contribution is 14.1. The third-order valence-corrected chi connectivity index (χ3v) is 6.44. The molecule has 3 atom stereocenters. The van der Waals surface area contributed by atoms with Crippen molar-refractivity contribution in [1.82, 2.24) is 15.2 Å². The standard InChI is InChI=1S/C26H24FIN4O6/c27-20-11-16(28)6-9-21(20)30-24(35)22(12-17-3-1-2-10-29-17)32-25(36)23(31-26(32)37)15-4-7-19(8-5-15)38-14-18(34)13-33/h1-11,18,22-23,33-34H,12-14H2,(H,30,35)(H,31,37). The number of amides is 4. The molecular weight excluding hydrogens is 610 g/mol. The first-order valence-corrected chi connectivity index (χ1v) is 12.7. The van der Waals surface area contributed by atoms with Crippen LogP contribution in [0.5, 0.6) is 5.75 Å². The van der Waals surface area contributed by atoms with Crippen LogP contribution in [0.3, 0.4) is 0 Å². The molecule has 2 aromatic carbocycles. The Balaban J connectivity index is 1.56. The lowest BCUT2D eigenvalue weighted by atomic mass is 10.0. The fraction of sp³-hybridized carbons (Fsp3) is 0.231. The number of aliphatic hydroxyl groups is 2. The first-order chi connectivity index (χ1) is 18.3. The van der Waals surface area contributed by atoms with E-state index >= 15 is 0 Å². The number of nitrogens with one attached hydrogen (secondary N) is 2. The second-order valence-electron chi connectivity index (χ2n) is 8.46. The second-order valence-corrected chi connectivity index (χ2v) is 9.71. The molecule has 4 amide bonds. The van der Waals surface area contributed by atoms with Gasteiger partial charge in [-0.25, -0.2) is 14.1 Å². The van der Waals surface area contributed by atoms with Crippen molar-refractivity contribution in [2.45, 2.75) is 24.6 Å². The Hall–Kier alpha value is -3.62. The fourth-order valence-corrected chi connectivity index (χ4v) is 4.29. The minimum atomic E-state index is -1.30. The zero-order valence-electron chi connectivity index (χ0n) is 19.9. The zero-order chi connectivity index (χ0) is 27.2. The molecule has 1 aromatic heterocycles. The summed E-state index contributed by atoms with van der Waals surface area (Å²) in [5, 5.41) is 23.4. The highest BCUT2D eigenvalue weighted by Crippen LogP contribution is 2.27. The highest BCUT2D eigenvalue weighted by atomic mass is 127. The number of hydrogen-bond acceptors (Lipinski definition) is 7. The van der Waals surface area contributed by atoms with E-state index in [1.54, 1.807) is 48.5 Å². The molecule has 12 heteroatoms. The maximum absolute atomic E-state index is 14.4. The topological polar surface area (TPSA) is 141 Å². The van der Waals surface area contributed by atoms with Crippen LogP contribution in [0.2, 0.25) is 0 Å². The summed E-state index contributed by atoms with van der Waals surface area (Å²) in [6.45, 7) is -0.561. The predicted octanol–water partition coefficient (Wildman–Crippen LogP) is 2.40. The minimum Gasteiger partial charge on any atom is -0.491 e. The Morgan fingerprint density at radius 2 is 1.95 bits per heavy atom. The zero-order valence-corrected chi connectivity index (χ0v) is 22.0. The van der Waals surface area contributed by atoms with Gasteiger partial charge in [0.05, 0.1) is 12.3 Å². The molecule has 0 saturated carbocycles. The smallest absolute Gasteiger partial charge is 0.325 e. The molecule has 1 saturated heterocycles. The second kappa shape index (κ2) is 12.3. The number of aromatic nitrogens is 1. The number of carbonyl (C=O) groups excluding carboxylic acids is 3. The van der Waals surface area contributed by atoms with E-state index in [9.17, 15) is 23.9 Å². The summed E-state index contributed by atoms with van der Waals surface area (Å²) in [5.41, 5.74) is 0.833. The number of carbonyl (C=O) groups is 3. The lowest BCUT2D eigenvalue weighted by molar-refractivity contribution is -0.134. The number of halogens is 2. The van der Waals surface area contributed by atoms with Crippen LogP contribution in [0.4, 0.5) is 14.9 Å². The number of pyridine rings is 1. The molecule has 2 heterocycles. The van der Waals surface area contributed by atoms with Gasteiger partial charge in [0.15, 0.2) is 0 Å². The van der Waals surface area contributed by atoms with Crippen LogP contribution < -0.4 is 15.4 Å². The van der Waals surface area contributed by atoms with Crippen molar-refractivity contribution in [3.05, 3.63) is 87.5 Å². The van der Waals surface area contributed by atoms with Crippen molar-refractivity contribution >= 4 is 46.1 Å². The Morgan fingerprint density at radius 1 is 1.18 bits per heavy atom. The molecule has 0 aliphatic carbocycles. The van der Waals surface area contributed by atoms with E-state index < -0.39 is 48.5 Å². The Labute approximate surface area is 231 Å². The van der Waals surface area contributed by atoms with E-state index in [0.29, 0.717) is 20.6 Å². The fourth-order valence-electron chi connectivity index (χ4n) is 3.84. The minimum absolute atomic E-state index is 0.0769. The van der Waals surface area contributed by atoms with E-state index in [1.165, 1.54) is 18.3 Å².